The number of ketones is 2. The number of hydrogen-bond donors (Lipinski definition) is 1. The van der Waals surface area contributed by atoms with Crippen LogP contribution in [0.5, 0.6) is 0 Å². The van der Waals surface area contributed by atoms with E-state index < -0.39 is 5.41 Å². The number of carbonyl (C=O) groups excluding carboxylic acids is 2. The van der Waals surface area contributed by atoms with Crippen molar-refractivity contribution in [1.82, 2.24) is 0 Å². The summed E-state index contributed by atoms with van der Waals surface area (Å²) in [5, 5.41) is 9.42. The molecule has 4 heteroatoms. The number of hydrogen-bond acceptors (Lipinski definition) is 4. The Morgan fingerprint density at radius 2 is 1.89 bits per heavy atom. The molecule has 0 aromatic carbocycles. The Hall–Kier alpha value is -1.58. The van der Waals surface area contributed by atoms with Gasteiger partial charge in [-0.05, 0) is 25.7 Å². The van der Waals surface area contributed by atoms with Crippen LogP contribution in [0.2, 0.25) is 0 Å². The smallest absolute Gasteiger partial charge is 0.211 e. The normalized spacial score (nSPS) is 27.9. The molecule has 0 fully saturated rings. The van der Waals surface area contributed by atoms with Gasteiger partial charge in [-0.1, -0.05) is 20.8 Å². The fourth-order valence-electron chi connectivity index (χ4n) is 2.36. The van der Waals surface area contributed by atoms with E-state index in [1.165, 1.54) is 7.11 Å². The third-order valence-electron chi connectivity index (χ3n) is 4.13. The van der Waals surface area contributed by atoms with Gasteiger partial charge in [0.1, 0.15) is 0 Å². The van der Waals surface area contributed by atoms with Crippen molar-refractivity contribution < 1.29 is 19.4 Å². The molecule has 2 atom stereocenters. The van der Waals surface area contributed by atoms with Crippen LogP contribution in [0, 0.1) is 11.3 Å². The Morgan fingerprint density at radius 1 is 1.32 bits per heavy atom. The summed E-state index contributed by atoms with van der Waals surface area (Å²) in [6, 6.07) is 0. The zero-order valence-electron chi connectivity index (χ0n) is 12.2. The molecular weight excluding hydrogens is 244 g/mol. The Balaban J connectivity index is 3.59. The Bertz CT molecular complexity index is 459. The fourth-order valence-corrected chi connectivity index (χ4v) is 2.36. The highest BCUT2D eigenvalue weighted by atomic mass is 16.5. The lowest BCUT2D eigenvalue weighted by molar-refractivity contribution is -0.138. The highest BCUT2D eigenvalue weighted by Crippen LogP contribution is 2.42. The topological polar surface area (TPSA) is 63.6 Å². The van der Waals surface area contributed by atoms with Gasteiger partial charge in [0, 0.05) is 5.57 Å². The van der Waals surface area contributed by atoms with Gasteiger partial charge in [0.05, 0.1) is 24.4 Å². The second-order valence-electron chi connectivity index (χ2n) is 5.14. The van der Waals surface area contributed by atoms with Crippen LogP contribution >= 0.6 is 0 Å². The minimum absolute atomic E-state index is 0.0253. The molecule has 1 aliphatic rings. The molecular formula is C15H22O4. The van der Waals surface area contributed by atoms with Crippen molar-refractivity contribution in [2.24, 2.45) is 11.3 Å². The van der Waals surface area contributed by atoms with Gasteiger partial charge in [-0.2, -0.15) is 0 Å². The quantitative estimate of drug-likeness (QED) is 0.483. The highest BCUT2D eigenvalue weighted by molar-refractivity contribution is 6.24. The molecule has 0 saturated heterocycles. The molecule has 4 nitrogen and oxygen atoms in total. The maximum absolute atomic E-state index is 12.5. The molecule has 0 saturated carbocycles. The van der Waals surface area contributed by atoms with Gasteiger partial charge in [-0.15, -0.1) is 0 Å². The molecule has 0 spiro atoms. The minimum atomic E-state index is -1.14. The molecule has 0 aromatic rings. The van der Waals surface area contributed by atoms with Crippen LogP contribution in [0.1, 0.15) is 40.5 Å². The van der Waals surface area contributed by atoms with E-state index in [1.807, 2.05) is 13.8 Å². The van der Waals surface area contributed by atoms with Crippen LogP contribution in [0.15, 0.2) is 23.2 Å². The molecule has 1 aliphatic carbocycles. The predicted molar refractivity (Wildman–Crippen MR) is 72.6 cm³/mol. The predicted octanol–water partition coefficient (Wildman–Crippen LogP) is 2.94. The summed E-state index contributed by atoms with van der Waals surface area (Å²) < 4.78 is 5.24. The van der Waals surface area contributed by atoms with Gasteiger partial charge in [-0.25, -0.2) is 0 Å². The molecule has 19 heavy (non-hydrogen) atoms. The maximum Gasteiger partial charge on any atom is 0.211 e. The highest BCUT2D eigenvalue weighted by Gasteiger charge is 2.49. The second kappa shape index (κ2) is 5.59. The van der Waals surface area contributed by atoms with E-state index in [0.717, 1.165) is 12.7 Å². The van der Waals surface area contributed by atoms with E-state index >= 15 is 0 Å². The summed E-state index contributed by atoms with van der Waals surface area (Å²) in [5.41, 5.74) is -0.416. The van der Waals surface area contributed by atoms with Gasteiger partial charge in [0.15, 0.2) is 11.5 Å². The van der Waals surface area contributed by atoms with Crippen molar-refractivity contribution in [2.75, 3.05) is 7.11 Å². The van der Waals surface area contributed by atoms with E-state index in [9.17, 15) is 14.7 Å². The average molecular weight is 266 g/mol. The first-order chi connectivity index (χ1) is 8.88. The first kappa shape index (κ1) is 15.5. The van der Waals surface area contributed by atoms with Gasteiger partial charge in [0.2, 0.25) is 5.78 Å². The first-order valence-corrected chi connectivity index (χ1v) is 6.61. The third-order valence-corrected chi connectivity index (χ3v) is 4.13. The monoisotopic (exact) mass is 266 g/mol. The van der Waals surface area contributed by atoms with Gasteiger partial charge < -0.3 is 9.84 Å². The molecule has 0 aromatic heterocycles. The lowest BCUT2D eigenvalue weighted by Crippen LogP contribution is -2.43. The van der Waals surface area contributed by atoms with Crippen LogP contribution in [-0.4, -0.2) is 23.8 Å². The largest absolute Gasteiger partial charge is 0.515 e. The van der Waals surface area contributed by atoms with Gasteiger partial charge in [0.25, 0.3) is 0 Å². The SMILES string of the molecule is CC[C@H](C)C1=C(OC)C(=O)[C@@](C)(CC)C(=O)C1=CO. The van der Waals surface area contributed by atoms with E-state index in [-0.39, 0.29) is 28.8 Å². The number of aliphatic hydroxyl groups is 1. The van der Waals surface area contributed by atoms with Crippen molar-refractivity contribution in [1.29, 1.82) is 0 Å². The molecule has 1 rings (SSSR count). The summed E-state index contributed by atoms with van der Waals surface area (Å²) in [5.74, 6) is -0.428. The Morgan fingerprint density at radius 3 is 2.26 bits per heavy atom. The van der Waals surface area contributed by atoms with Crippen LogP contribution in [0.25, 0.3) is 0 Å². The van der Waals surface area contributed by atoms with Gasteiger partial charge >= 0.3 is 0 Å². The van der Waals surface area contributed by atoms with Crippen LogP contribution in [0.3, 0.4) is 0 Å². The zero-order chi connectivity index (χ0) is 14.8. The van der Waals surface area contributed by atoms with E-state index in [2.05, 4.69) is 0 Å². The second-order valence-corrected chi connectivity index (χ2v) is 5.14. The number of Topliss-reactive ketones (excluding diaryl/α,β-unsaturated/α-hetero) is 2. The van der Waals surface area contributed by atoms with Crippen LogP contribution in [0.4, 0.5) is 0 Å². The fraction of sp³-hybridized carbons (Fsp3) is 0.600. The lowest BCUT2D eigenvalue weighted by Gasteiger charge is -2.34. The number of allylic oxidation sites excluding steroid dienone is 3. The summed E-state index contributed by atoms with van der Waals surface area (Å²) >= 11 is 0. The molecule has 106 valence electrons. The molecule has 0 amide bonds. The van der Waals surface area contributed by atoms with Gasteiger partial charge in [-0.3, -0.25) is 9.59 Å². The number of carbonyl (C=O) groups is 2. The van der Waals surface area contributed by atoms with E-state index in [4.69, 9.17) is 4.74 Å². The minimum Gasteiger partial charge on any atom is -0.515 e. The standard InChI is InChI=1S/C15H22O4/c1-6-9(3)11-10(8-16)13(17)15(4,7-2)14(18)12(11)19-5/h8-9,16H,6-7H2,1-5H3/t9-,15-/m0/s1. The van der Waals surface area contributed by atoms with Crippen LogP contribution < -0.4 is 0 Å². The summed E-state index contributed by atoms with van der Waals surface area (Å²) in [7, 11) is 1.43. The molecule has 0 radical (unpaired) electrons. The van der Waals surface area contributed by atoms with Crippen molar-refractivity contribution in [3.63, 3.8) is 0 Å². The van der Waals surface area contributed by atoms with Crippen molar-refractivity contribution in [3.05, 3.63) is 23.2 Å². The Labute approximate surface area is 114 Å². The van der Waals surface area contributed by atoms with Crippen molar-refractivity contribution in [3.8, 4) is 0 Å². The molecule has 0 aliphatic heterocycles. The maximum atomic E-state index is 12.5. The van der Waals surface area contributed by atoms with Crippen molar-refractivity contribution >= 4 is 11.6 Å². The third kappa shape index (κ3) is 2.20. The molecule has 1 N–H and O–H groups in total. The van der Waals surface area contributed by atoms with Crippen molar-refractivity contribution in [2.45, 2.75) is 40.5 Å². The zero-order valence-corrected chi connectivity index (χ0v) is 12.2. The number of ether oxygens (including phenoxy) is 1. The lowest BCUT2D eigenvalue weighted by atomic mass is 9.67. The number of rotatable bonds is 4. The molecule has 0 unspecified atom stereocenters. The summed E-state index contributed by atoms with van der Waals surface area (Å²) in [6.07, 6.45) is 1.94. The summed E-state index contributed by atoms with van der Waals surface area (Å²) in [4.78, 5) is 25.0. The van der Waals surface area contributed by atoms with E-state index in [1.54, 1.807) is 13.8 Å². The molecule has 0 bridgehead atoms. The number of aliphatic hydroxyl groups excluding tert-OH is 1. The Kier molecular flexibility index (Phi) is 4.56. The molecule has 0 heterocycles. The summed E-state index contributed by atoms with van der Waals surface area (Å²) in [6.45, 7) is 7.26. The van der Waals surface area contributed by atoms with Crippen LogP contribution in [-0.2, 0) is 14.3 Å². The van der Waals surface area contributed by atoms with E-state index in [0.29, 0.717) is 12.0 Å². The average Bonchev–Trinajstić information content (AvgIpc) is 2.43. The first-order valence-electron chi connectivity index (χ1n) is 6.61. The number of methoxy groups -OCH3 is 1.